The van der Waals surface area contributed by atoms with E-state index in [0.717, 1.165) is 26.5 Å². The molecule has 0 atom stereocenters. The monoisotopic (exact) mass is 413 g/mol. The van der Waals surface area contributed by atoms with Crippen molar-refractivity contribution in [3.05, 3.63) is 75.0 Å². The molecule has 0 saturated carbocycles. The number of thioether (sulfide) groups is 1. The number of H-pyrrole nitrogens is 1. The van der Waals surface area contributed by atoms with Crippen molar-refractivity contribution >= 4 is 38.6 Å². The predicted molar refractivity (Wildman–Crippen MR) is 102 cm³/mol. The van der Waals surface area contributed by atoms with Crippen LogP contribution in [0.3, 0.4) is 0 Å². The average molecular weight is 414 g/mol. The molecule has 0 unspecified atom stereocenters. The third-order valence-corrected chi connectivity index (χ3v) is 5.26. The lowest BCUT2D eigenvalue weighted by Crippen LogP contribution is -2.05. The number of halogens is 1. The van der Waals surface area contributed by atoms with Crippen LogP contribution in [-0.4, -0.2) is 15.2 Å². The summed E-state index contributed by atoms with van der Waals surface area (Å²) in [6, 6.07) is 17.0. The Morgan fingerprint density at radius 2 is 1.88 bits per heavy atom. The Labute approximate surface area is 155 Å². The van der Waals surface area contributed by atoms with E-state index in [1.807, 2.05) is 48.5 Å². The zero-order chi connectivity index (χ0) is 17.2. The fourth-order valence-corrected chi connectivity index (χ4v) is 3.76. The van der Waals surface area contributed by atoms with Crippen molar-refractivity contribution in [2.75, 3.05) is 0 Å². The molecular formula is C18H12BrN3O2S. The van der Waals surface area contributed by atoms with Gasteiger partial charge in [0.15, 0.2) is 0 Å². The van der Waals surface area contributed by atoms with Gasteiger partial charge in [0.1, 0.15) is 0 Å². The molecule has 1 N–H and O–H groups in total. The van der Waals surface area contributed by atoms with E-state index in [-0.39, 0.29) is 5.56 Å². The summed E-state index contributed by atoms with van der Waals surface area (Å²) in [4.78, 5) is 14.7. The summed E-state index contributed by atoms with van der Waals surface area (Å²) >= 11 is 4.89. The highest BCUT2D eigenvalue weighted by molar-refractivity contribution is 9.10. The van der Waals surface area contributed by atoms with E-state index in [0.29, 0.717) is 16.9 Å². The van der Waals surface area contributed by atoms with Gasteiger partial charge in [-0.05, 0) is 39.7 Å². The van der Waals surface area contributed by atoms with E-state index >= 15 is 0 Å². The normalized spacial score (nSPS) is 11.1. The Morgan fingerprint density at radius 3 is 2.76 bits per heavy atom. The first-order chi connectivity index (χ1) is 12.2. The largest absolute Gasteiger partial charge is 0.411 e. The summed E-state index contributed by atoms with van der Waals surface area (Å²) in [5, 5.41) is 9.68. The van der Waals surface area contributed by atoms with Crippen LogP contribution in [0.2, 0.25) is 0 Å². The highest BCUT2D eigenvalue weighted by Crippen LogP contribution is 2.30. The van der Waals surface area contributed by atoms with Gasteiger partial charge in [0.05, 0.1) is 5.56 Å². The van der Waals surface area contributed by atoms with E-state index in [1.54, 1.807) is 6.07 Å². The molecule has 2 aromatic carbocycles. The van der Waals surface area contributed by atoms with Crippen molar-refractivity contribution in [1.29, 1.82) is 0 Å². The van der Waals surface area contributed by atoms with Gasteiger partial charge in [-0.15, -0.1) is 10.2 Å². The number of nitrogens with zero attached hydrogens (tertiary/aromatic N) is 2. The first-order valence-electron chi connectivity index (χ1n) is 7.53. The fourth-order valence-electron chi connectivity index (χ4n) is 2.55. The van der Waals surface area contributed by atoms with Gasteiger partial charge in [-0.3, -0.25) is 4.79 Å². The topological polar surface area (TPSA) is 71.8 Å². The molecule has 2 aromatic heterocycles. The van der Waals surface area contributed by atoms with Crippen molar-refractivity contribution in [2.45, 2.75) is 11.0 Å². The first-order valence-corrected chi connectivity index (χ1v) is 9.31. The van der Waals surface area contributed by atoms with Gasteiger partial charge in [-0.25, -0.2) is 0 Å². The molecule has 4 rings (SSSR count). The molecule has 0 aliphatic carbocycles. The molecule has 0 spiro atoms. The molecule has 0 bridgehead atoms. The SMILES string of the molecule is O=c1cc(CSc2nnc(-c3ccccc3Br)o2)c2ccccc2[nH]1. The molecule has 7 heteroatoms. The number of hydrogen-bond donors (Lipinski definition) is 1. The third kappa shape index (κ3) is 3.38. The quantitative estimate of drug-likeness (QED) is 0.493. The van der Waals surface area contributed by atoms with Crippen LogP contribution in [0.1, 0.15) is 5.56 Å². The zero-order valence-corrected chi connectivity index (χ0v) is 15.3. The molecule has 124 valence electrons. The molecule has 0 fully saturated rings. The van der Waals surface area contributed by atoms with Crippen LogP contribution in [-0.2, 0) is 5.75 Å². The van der Waals surface area contributed by atoms with Crippen molar-refractivity contribution < 1.29 is 4.42 Å². The average Bonchev–Trinajstić information content (AvgIpc) is 3.08. The fraction of sp³-hybridized carbons (Fsp3) is 0.0556. The van der Waals surface area contributed by atoms with Gasteiger partial charge < -0.3 is 9.40 Å². The van der Waals surface area contributed by atoms with Crippen LogP contribution in [0.4, 0.5) is 0 Å². The second-order valence-electron chi connectivity index (χ2n) is 5.35. The smallest absolute Gasteiger partial charge is 0.277 e. The second-order valence-corrected chi connectivity index (χ2v) is 7.13. The highest BCUT2D eigenvalue weighted by atomic mass is 79.9. The van der Waals surface area contributed by atoms with E-state index < -0.39 is 0 Å². The summed E-state index contributed by atoms with van der Waals surface area (Å²) in [5.74, 6) is 1.04. The van der Waals surface area contributed by atoms with Crippen LogP contribution in [0, 0.1) is 0 Å². The molecule has 0 amide bonds. The van der Waals surface area contributed by atoms with Crippen molar-refractivity contribution in [3.8, 4) is 11.5 Å². The third-order valence-electron chi connectivity index (χ3n) is 3.70. The lowest BCUT2D eigenvalue weighted by atomic mass is 10.1. The molecule has 0 aliphatic heterocycles. The standard InChI is InChI=1S/C18H12BrN3O2S/c19-14-7-3-1-6-13(14)17-21-22-18(24-17)25-10-11-9-16(23)20-15-8-4-2-5-12(11)15/h1-9H,10H2,(H,20,23). The molecule has 5 nitrogen and oxygen atoms in total. The van der Waals surface area contributed by atoms with Crippen molar-refractivity contribution in [3.63, 3.8) is 0 Å². The maximum Gasteiger partial charge on any atom is 0.277 e. The molecule has 4 aromatic rings. The highest BCUT2D eigenvalue weighted by Gasteiger charge is 2.12. The van der Waals surface area contributed by atoms with E-state index in [2.05, 4.69) is 31.1 Å². The van der Waals surface area contributed by atoms with E-state index in [4.69, 9.17) is 4.42 Å². The van der Waals surface area contributed by atoms with Crippen molar-refractivity contribution in [1.82, 2.24) is 15.2 Å². The van der Waals surface area contributed by atoms with E-state index in [9.17, 15) is 4.79 Å². The number of nitrogens with one attached hydrogen (secondary N) is 1. The van der Waals surface area contributed by atoms with Crippen LogP contribution in [0.25, 0.3) is 22.4 Å². The lowest BCUT2D eigenvalue weighted by molar-refractivity contribution is 0.465. The van der Waals surface area contributed by atoms with Gasteiger partial charge in [0.25, 0.3) is 5.22 Å². The Bertz CT molecular complexity index is 1110. The Morgan fingerprint density at radius 1 is 1.08 bits per heavy atom. The minimum Gasteiger partial charge on any atom is -0.411 e. The van der Waals surface area contributed by atoms with Crippen LogP contribution in [0.15, 0.2) is 73.5 Å². The van der Waals surface area contributed by atoms with Crippen molar-refractivity contribution in [2.24, 2.45) is 0 Å². The number of aromatic nitrogens is 3. The van der Waals surface area contributed by atoms with Gasteiger partial charge in [-0.1, -0.05) is 42.1 Å². The molecule has 0 radical (unpaired) electrons. The molecule has 2 heterocycles. The number of aromatic amines is 1. The van der Waals surface area contributed by atoms with Gasteiger partial charge >= 0.3 is 0 Å². The zero-order valence-electron chi connectivity index (χ0n) is 12.9. The number of fused-ring (bicyclic) bond motifs is 1. The maximum atomic E-state index is 11.8. The number of rotatable bonds is 4. The van der Waals surface area contributed by atoms with Crippen LogP contribution < -0.4 is 5.56 Å². The van der Waals surface area contributed by atoms with Crippen LogP contribution >= 0.6 is 27.7 Å². The molecule has 0 saturated heterocycles. The summed E-state index contributed by atoms with van der Waals surface area (Å²) in [6.07, 6.45) is 0. The minimum absolute atomic E-state index is 0.117. The van der Waals surface area contributed by atoms with Gasteiger partial charge in [-0.2, -0.15) is 0 Å². The van der Waals surface area contributed by atoms with E-state index in [1.165, 1.54) is 11.8 Å². The number of pyridine rings is 1. The molecule has 25 heavy (non-hydrogen) atoms. The Kier molecular flexibility index (Phi) is 4.42. The Balaban J connectivity index is 1.59. The predicted octanol–water partition coefficient (Wildman–Crippen LogP) is 4.63. The number of hydrogen-bond acceptors (Lipinski definition) is 5. The summed E-state index contributed by atoms with van der Waals surface area (Å²) in [7, 11) is 0. The summed E-state index contributed by atoms with van der Waals surface area (Å²) < 4.78 is 6.64. The first kappa shape index (κ1) is 16.1. The number of benzene rings is 2. The minimum atomic E-state index is -0.117. The molecule has 0 aliphatic rings. The van der Waals surface area contributed by atoms with Gasteiger partial charge in [0.2, 0.25) is 11.4 Å². The molecular weight excluding hydrogens is 402 g/mol. The lowest BCUT2D eigenvalue weighted by Gasteiger charge is -2.04. The van der Waals surface area contributed by atoms with Crippen LogP contribution in [0.5, 0.6) is 0 Å². The van der Waals surface area contributed by atoms with Gasteiger partial charge in [0, 0.05) is 27.2 Å². The summed E-state index contributed by atoms with van der Waals surface area (Å²) in [6.45, 7) is 0. The Hall–Kier alpha value is -2.38. The maximum absolute atomic E-state index is 11.8. The second kappa shape index (κ2) is 6.85. The summed E-state index contributed by atoms with van der Waals surface area (Å²) in [5.41, 5.74) is 2.49. The number of para-hydroxylation sites is 1.